The van der Waals surface area contributed by atoms with Gasteiger partial charge in [-0.3, -0.25) is 0 Å². The van der Waals surface area contributed by atoms with Gasteiger partial charge < -0.3 is 25.0 Å². The molecule has 0 radical (unpaired) electrons. The summed E-state index contributed by atoms with van der Waals surface area (Å²) in [5, 5.41) is 5.94. The molecule has 1 unspecified atom stereocenters. The van der Waals surface area contributed by atoms with Crippen molar-refractivity contribution in [3.05, 3.63) is 24.3 Å². The normalized spacial score (nSPS) is 18.7. The topological polar surface area (TPSA) is 62.8 Å². The van der Waals surface area contributed by atoms with Gasteiger partial charge in [0, 0.05) is 25.3 Å². The highest BCUT2D eigenvalue weighted by Crippen LogP contribution is 2.16. The van der Waals surface area contributed by atoms with Gasteiger partial charge in [-0.15, -0.1) is 0 Å². The van der Waals surface area contributed by atoms with Crippen LogP contribution in [0, 0.1) is 0 Å². The molecule has 1 atom stereocenters. The van der Waals surface area contributed by atoms with E-state index in [0.717, 1.165) is 18.0 Å². The van der Waals surface area contributed by atoms with E-state index in [9.17, 15) is 4.79 Å². The molecule has 6 nitrogen and oxygen atoms in total. The fraction of sp³-hybridized carbons (Fsp3) is 0.500. The Morgan fingerprint density at radius 1 is 1.45 bits per heavy atom. The molecule has 2 N–H and O–H groups in total. The minimum absolute atomic E-state index is 0.0513. The molecule has 1 aromatic rings. The molecule has 0 saturated carbocycles. The van der Waals surface area contributed by atoms with Crippen molar-refractivity contribution in [1.29, 1.82) is 0 Å². The Kier molecular flexibility index (Phi) is 5.20. The van der Waals surface area contributed by atoms with E-state index in [1.807, 2.05) is 31.3 Å². The van der Waals surface area contributed by atoms with Crippen LogP contribution in [0.1, 0.15) is 0 Å². The lowest BCUT2D eigenvalue weighted by molar-refractivity contribution is -0.00999. The third-order valence-electron chi connectivity index (χ3n) is 3.20. The predicted octanol–water partition coefficient (Wildman–Crippen LogP) is 1.15. The summed E-state index contributed by atoms with van der Waals surface area (Å²) in [4.78, 5) is 14.0. The lowest BCUT2D eigenvalue weighted by Crippen LogP contribution is -2.49. The number of morpholine rings is 1. The van der Waals surface area contributed by atoms with Crippen LogP contribution in [-0.2, 0) is 4.74 Å². The molecule has 0 aromatic heterocycles. The van der Waals surface area contributed by atoms with Crippen molar-refractivity contribution < 1.29 is 14.3 Å². The molecular weight excluding hydrogens is 258 g/mol. The highest BCUT2D eigenvalue weighted by Gasteiger charge is 2.23. The first-order valence-electron chi connectivity index (χ1n) is 6.69. The van der Waals surface area contributed by atoms with Crippen LogP contribution in [0.5, 0.6) is 5.75 Å². The highest BCUT2D eigenvalue weighted by molar-refractivity contribution is 5.89. The first-order chi connectivity index (χ1) is 9.72. The number of carbonyl (C=O) groups excluding carboxylic acids is 1. The smallest absolute Gasteiger partial charge is 0.322 e. The number of nitrogens with zero attached hydrogens (tertiary/aromatic N) is 1. The number of anilines is 1. The third kappa shape index (κ3) is 3.85. The molecule has 1 heterocycles. The number of likely N-dealkylation sites (N-methyl/N-ethyl adjacent to an activating group) is 1. The molecule has 1 fully saturated rings. The van der Waals surface area contributed by atoms with Crippen LogP contribution in [0.15, 0.2) is 24.3 Å². The standard InChI is InChI=1S/C14H21N3O3/c1-15-9-13-10-17(7-8-20-13)14(18)16-11-3-5-12(19-2)6-4-11/h3-6,13,15H,7-10H2,1-2H3,(H,16,18). The summed E-state index contributed by atoms with van der Waals surface area (Å²) in [6.07, 6.45) is 0.0513. The Bertz CT molecular complexity index is 434. The number of benzene rings is 1. The number of ether oxygens (including phenoxy) is 2. The largest absolute Gasteiger partial charge is 0.497 e. The number of hydrogen-bond donors (Lipinski definition) is 2. The van der Waals surface area contributed by atoms with Crippen molar-refractivity contribution in [3.63, 3.8) is 0 Å². The monoisotopic (exact) mass is 279 g/mol. The van der Waals surface area contributed by atoms with E-state index < -0.39 is 0 Å². The fourth-order valence-electron chi connectivity index (χ4n) is 2.13. The molecule has 110 valence electrons. The van der Waals surface area contributed by atoms with Crippen LogP contribution in [0.2, 0.25) is 0 Å². The molecular formula is C14H21N3O3. The average Bonchev–Trinajstić information content (AvgIpc) is 2.48. The SMILES string of the molecule is CNCC1CN(C(=O)Nc2ccc(OC)cc2)CCO1. The quantitative estimate of drug-likeness (QED) is 0.868. The Labute approximate surface area is 119 Å². The van der Waals surface area contributed by atoms with Gasteiger partial charge in [-0.1, -0.05) is 0 Å². The zero-order chi connectivity index (χ0) is 14.4. The summed E-state index contributed by atoms with van der Waals surface area (Å²) in [7, 11) is 3.49. The maximum atomic E-state index is 12.2. The van der Waals surface area contributed by atoms with E-state index in [1.165, 1.54) is 0 Å². The van der Waals surface area contributed by atoms with Crippen LogP contribution in [-0.4, -0.2) is 57.4 Å². The third-order valence-corrected chi connectivity index (χ3v) is 3.20. The number of urea groups is 1. The van der Waals surface area contributed by atoms with E-state index in [-0.39, 0.29) is 12.1 Å². The molecule has 2 amide bonds. The molecule has 1 saturated heterocycles. The highest BCUT2D eigenvalue weighted by atomic mass is 16.5. The Balaban J connectivity index is 1.89. The van der Waals surface area contributed by atoms with Crippen molar-refractivity contribution in [3.8, 4) is 5.75 Å². The molecule has 6 heteroatoms. The van der Waals surface area contributed by atoms with E-state index in [0.29, 0.717) is 19.7 Å². The van der Waals surface area contributed by atoms with E-state index in [2.05, 4.69) is 10.6 Å². The number of amides is 2. The van der Waals surface area contributed by atoms with Crippen molar-refractivity contribution in [2.24, 2.45) is 0 Å². The average molecular weight is 279 g/mol. The predicted molar refractivity (Wildman–Crippen MR) is 77.3 cm³/mol. The van der Waals surface area contributed by atoms with Gasteiger partial charge in [0.15, 0.2) is 0 Å². The van der Waals surface area contributed by atoms with Gasteiger partial charge in [0.2, 0.25) is 0 Å². The summed E-state index contributed by atoms with van der Waals surface area (Å²) >= 11 is 0. The van der Waals surface area contributed by atoms with Crippen LogP contribution in [0.25, 0.3) is 0 Å². The van der Waals surface area contributed by atoms with Crippen LogP contribution >= 0.6 is 0 Å². The van der Waals surface area contributed by atoms with Crippen LogP contribution in [0.3, 0.4) is 0 Å². The van der Waals surface area contributed by atoms with Gasteiger partial charge in [0.25, 0.3) is 0 Å². The molecule has 0 bridgehead atoms. The lowest BCUT2D eigenvalue weighted by Gasteiger charge is -2.32. The number of rotatable bonds is 4. The lowest BCUT2D eigenvalue weighted by atomic mass is 10.2. The second-order valence-corrected chi connectivity index (χ2v) is 4.66. The van der Waals surface area contributed by atoms with Gasteiger partial charge in [-0.2, -0.15) is 0 Å². The van der Waals surface area contributed by atoms with Gasteiger partial charge in [0.05, 0.1) is 19.8 Å². The zero-order valence-electron chi connectivity index (χ0n) is 11.9. The number of nitrogens with one attached hydrogen (secondary N) is 2. The summed E-state index contributed by atoms with van der Waals surface area (Å²) < 4.78 is 10.7. The Hall–Kier alpha value is -1.79. The summed E-state index contributed by atoms with van der Waals surface area (Å²) in [6, 6.07) is 7.18. The molecule has 2 rings (SSSR count). The zero-order valence-corrected chi connectivity index (χ0v) is 11.9. The van der Waals surface area contributed by atoms with E-state index in [4.69, 9.17) is 9.47 Å². The molecule has 1 aromatic carbocycles. The van der Waals surface area contributed by atoms with Gasteiger partial charge in [-0.05, 0) is 31.3 Å². The van der Waals surface area contributed by atoms with Gasteiger partial charge >= 0.3 is 6.03 Å². The second kappa shape index (κ2) is 7.12. The minimum Gasteiger partial charge on any atom is -0.497 e. The molecule has 20 heavy (non-hydrogen) atoms. The van der Waals surface area contributed by atoms with Crippen LogP contribution in [0.4, 0.5) is 10.5 Å². The number of methoxy groups -OCH3 is 1. The van der Waals surface area contributed by atoms with Crippen molar-refractivity contribution >= 4 is 11.7 Å². The first-order valence-corrected chi connectivity index (χ1v) is 6.69. The fourth-order valence-corrected chi connectivity index (χ4v) is 2.13. The van der Waals surface area contributed by atoms with E-state index >= 15 is 0 Å². The molecule has 1 aliphatic rings. The van der Waals surface area contributed by atoms with E-state index in [1.54, 1.807) is 12.0 Å². The van der Waals surface area contributed by atoms with Crippen LogP contribution < -0.4 is 15.4 Å². The van der Waals surface area contributed by atoms with Crippen molar-refractivity contribution in [2.45, 2.75) is 6.10 Å². The van der Waals surface area contributed by atoms with Crippen molar-refractivity contribution in [2.75, 3.05) is 45.7 Å². The number of hydrogen-bond acceptors (Lipinski definition) is 4. The minimum atomic E-state index is -0.0976. The maximum absolute atomic E-state index is 12.2. The number of carbonyl (C=O) groups is 1. The molecule has 1 aliphatic heterocycles. The van der Waals surface area contributed by atoms with Crippen molar-refractivity contribution in [1.82, 2.24) is 10.2 Å². The first kappa shape index (κ1) is 14.6. The molecule has 0 spiro atoms. The maximum Gasteiger partial charge on any atom is 0.322 e. The van der Waals surface area contributed by atoms with Gasteiger partial charge in [0.1, 0.15) is 5.75 Å². The summed E-state index contributed by atoms with van der Waals surface area (Å²) in [5.74, 6) is 0.767. The van der Waals surface area contributed by atoms with Gasteiger partial charge in [-0.25, -0.2) is 4.79 Å². The Morgan fingerprint density at radius 2 is 2.20 bits per heavy atom. The summed E-state index contributed by atoms with van der Waals surface area (Å²) in [5.41, 5.74) is 0.757. The second-order valence-electron chi connectivity index (χ2n) is 4.66. The molecule has 0 aliphatic carbocycles. The summed E-state index contributed by atoms with van der Waals surface area (Å²) in [6.45, 7) is 2.53. The Morgan fingerprint density at radius 3 is 2.85 bits per heavy atom.